The number of likely N-dealkylation sites (N-methyl/N-ethyl adjacent to an activating group) is 1. The van der Waals surface area contributed by atoms with Crippen LogP contribution in [0.3, 0.4) is 0 Å². The molecular formula is C37H72N2O6P+. The number of phosphoric acid groups is 1. The van der Waals surface area contributed by atoms with Gasteiger partial charge in [0, 0.05) is 6.42 Å². The normalized spacial score (nSPS) is 15.2. The summed E-state index contributed by atoms with van der Waals surface area (Å²) in [5.41, 5.74) is 0. The topological polar surface area (TPSA) is 105 Å². The van der Waals surface area contributed by atoms with Crippen molar-refractivity contribution in [3.63, 3.8) is 0 Å². The molecule has 3 atom stereocenters. The van der Waals surface area contributed by atoms with Gasteiger partial charge in [0.25, 0.3) is 0 Å². The van der Waals surface area contributed by atoms with Crippen LogP contribution < -0.4 is 5.32 Å². The van der Waals surface area contributed by atoms with Crippen LogP contribution in [-0.4, -0.2) is 73.4 Å². The number of quaternary nitrogens is 1. The lowest BCUT2D eigenvalue weighted by molar-refractivity contribution is -0.870. The van der Waals surface area contributed by atoms with Gasteiger partial charge in [0.2, 0.25) is 5.91 Å². The fourth-order valence-electron chi connectivity index (χ4n) is 4.82. The lowest BCUT2D eigenvalue weighted by Crippen LogP contribution is -2.45. The van der Waals surface area contributed by atoms with Crippen molar-refractivity contribution < 1.29 is 32.9 Å². The number of nitrogens with zero attached hydrogens (tertiary/aromatic N) is 1. The van der Waals surface area contributed by atoms with Gasteiger partial charge in [0.1, 0.15) is 13.2 Å². The molecule has 3 N–H and O–H groups in total. The third kappa shape index (κ3) is 31.3. The Labute approximate surface area is 283 Å². The van der Waals surface area contributed by atoms with Crippen molar-refractivity contribution in [1.29, 1.82) is 0 Å². The predicted octanol–water partition coefficient (Wildman–Crippen LogP) is 9.18. The zero-order chi connectivity index (χ0) is 34.4. The van der Waals surface area contributed by atoms with E-state index in [1.165, 1.54) is 70.6 Å². The van der Waals surface area contributed by atoms with E-state index in [9.17, 15) is 19.4 Å². The Hall–Kier alpha value is -1.28. The van der Waals surface area contributed by atoms with Crippen LogP contribution in [0.4, 0.5) is 0 Å². The summed E-state index contributed by atoms with van der Waals surface area (Å²) in [6.45, 7) is 4.70. The molecular weight excluding hydrogens is 599 g/mol. The van der Waals surface area contributed by atoms with E-state index in [-0.39, 0.29) is 19.1 Å². The fraction of sp³-hybridized carbons (Fsp3) is 0.811. The van der Waals surface area contributed by atoms with Gasteiger partial charge >= 0.3 is 7.82 Å². The van der Waals surface area contributed by atoms with Gasteiger partial charge in [-0.1, -0.05) is 134 Å². The quantitative estimate of drug-likeness (QED) is 0.0285. The lowest BCUT2D eigenvalue weighted by atomic mass is 10.0. The van der Waals surface area contributed by atoms with E-state index in [1.54, 1.807) is 6.08 Å². The first-order valence-corrected chi connectivity index (χ1v) is 19.9. The number of aliphatic hydroxyl groups is 1. The zero-order valence-electron chi connectivity index (χ0n) is 30.3. The summed E-state index contributed by atoms with van der Waals surface area (Å²) >= 11 is 0. The first-order chi connectivity index (χ1) is 22.0. The van der Waals surface area contributed by atoms with Crippen molar-refractivity contribution in [2.24, 2.45) is 0 Å². The van der Waals surface area contributed by atoms with Crippen molar-refractivity contribution in [2.75, 3.05) is 40.9 Å². The summed E-state index contributed by atoms with van der Waals surface area (Å²) in [5, 5.41) is 13.7. The van der Waals surface area contributed by atoms with Gasteiger partial charge in [-0.3, -0.25) is 13.8 Å². The van der Waals surface area contributed by atoms with Crippen molar-refractivity contribution in [3.05, 3.63) is 36.5 Å². The molecule has 0 fully saturated rings. The summed E-state index contributed by atoms with van der Waals surface area (Å²) in [6, 6.07) is -0.862. The summed E-state index contributed by atoms with van der Waals surface area (Å²) in [6.07, 6.45) is 33.5. The molecule has 1 amide bonds. The van der Waals surface area contributed by atoms with Crippen molar-refractivity contribution in [3.8, 4) is 0 Å². The van der Waals surface area contributed by atoms with Crippen molar-refractivity contribution >= 4 is 13.7 Å². The highest BCUT2D eigenvalue weighted by Crippen LogP contribution is 2.43. The second kappa shape index (κ2) is 29.8. The summed E-state index contributed by atoms with van der Waals surface area (Å²) < 4.78 is 23.4. The maximum atomic E-state index is 12.7. The first kappa shape index (κ1) is 44.7. The van der Waals surface area contributed by atoms with Crippen LogP contribution in [0.1, 0.15) is 142 Å². The van der Waals surface area contributed by atoms with E-state index in [0.29, 0.717) is 17.4 Å². The molecule has 0 aromatic carbocycles. The SMILES string of the molecule is CCCC/C=C/CC/C=C/CC/C=C/C(O)C(COP(=O)(O)OCC[N+](C)(C)C)NC(=O)CCCCCCCCCCCCCC. The Balaban J connectivity index is 4.64. The summed E-state index contributed by atoms with van der Waals surface area (Å²) in [7, 11) is 1.54. The molecule has 8 nitrogen and oxygen atoms in total. The van der Waals surface area contributed by atoms with Gasteiger partial charge in [0.05, 0.1) is 39.9 Å². The van der Waals surface area contributed by atoms with Crippen molar-refractivity contribution in [1.82, 2.24) is 5.32 Å². The van der Waals surface area contributed by atoms with E-state index >= 15 is 0 Å². The van der Waals surface area contributed by atoms with Crippen LogP contribution in [0.5, 0.6) is 0 Å². The van der Waals surface area contributed by atoms with Gasteiger partial charge < -0.3 is 19.8 Å². The minimum atomic E-state index is -4.33. The van der Waals surface area contributed by atoms with E-state index < -0.39 is 20.0 Å². The molecule has 0 spiro atoms. The molecule has 9 heteroatoms. The molecule has 0 saturated heterocycles. The monoisotopic (exact) mass is 672 g/mol. The average Bonchev–Trinajstić information content (AvgIpc) is 2.99. The van der Waals surface area contributed by atoms with E-state index in [0.717, 1.165) is 51.4 Å². The van der Waals surface area contributed by atoms with Crippen LogP contribution in [0.2, 0.25) is 0 Å². The number of rotatable bonds is 32. The van der Waals surface area contributed by atoms with Crippen LogP contribution in [0, 0.1) is 0 Å². The number of hydrogen-bond donors (Lipinski definition) is 3. The van der Waals surface area contributed by atoms with Crippen LogP contribution in [-0.2, 0) is 18.4 Å². The molecule has 0 aromatic rings. The molecule has 3 unspecified atom stereocenters. The number of unbranched alkanes of at least 4 members (excludes halogenated alkanes) is 15. The predicted molar refractivity (Wildman–Crippen MR) is 194 cm³/mol. The molecule has 0 aliphatic heterocycles. The highest BCUT2D eigenvalue weighted by Gasteiger charge is 2.27. The number of allylic oxidation sites excluding steroid dienone is 5. The number of aliphatic hydroxyl groups excluding tert-OH is 1. The third-order valence-corrected chi connectivity index (χ3v) is 8.82. The van der Waals surface area contributed by atoms with Crippen LogP contribution in [0.15, 0.2) is 36.5 Å². The number of phosphoric ester groups is 1. The first-order valence-electron chi connectivity index (χ1n) is 18.4. The molecule has 0 saturated carbocycles. The van der Waals surface area contributed by atoms with Crippen LogP contribution >= 0.6 is 7.82 Å². The molecule has 0 aliphatic rings. The van der Waals surface area contributed by atoms with Crippen LogP contribution in [0.25, 0.3) is 0 Å². The molecule has 0 aromatic heterocycles. The van der Waals surface area contributed by atoms with Gasteiger partial charge in [-0.15, -0.1) is 0 Å². The molecule has 0 radical (unpaired) electrons. The second-order valence-electron chi connectivity index (χ2n) is 13.6. The van der Waals surface area contributed by atoms with E-state index in [2.05, 4.69) is 43.5 Å². The summed E-state index contributed by atoms with van der Waals surface area (Å²) in [4.78, 5) is 22.9. The minimum Gasteiger partial charge on any atom is -0.387 e. The molecule has 0 rings (SSSR count). The van der Waals surface area contributed by atoms with E-state index in [1.807, 2.05) is 27.2 Å². The Kier molecular flexibility index (Phi) is 29.0. The largest absolute Gasteiger partial charge is 0.472 e. The van der Waals surface area contributed by atoms with Gasteiger partial charge in [-0.2, -0.15) is 0 Å². The fourth-order valence-corrected chi connectivity index (χ4v) is 5.56. The number of amides is 1. The molecule has 0 bridgehead atoms. The second-order valence-corrected chi connectivity index (χ2v) is 15.0. The van der Waals surface area contributed by atoms with Crippen molar-refractivity contribution in [2.45, 2.75) is 154 Å². The summed E-state index contributed by atoms with van der Waals surface area (Å²) in [5.74, 6) is -0.196. The maximum absolute atomic E-state index is 12.7. The van der Waals surface area contributed by atoms with E-state index in [4.69, 9.17) is 9.05 Å². The third-order valence-electron chi connectivity index (χ3n) is 7.84. The highest BCUT2D eigenvalue weighted by molar-refractivity contribution is 7.47. The number of carbonyl (C=O) groups excluding carboxylic acids is 1. The molecule has 0 heterocycles. The number of nitrogens with one attached hydrogen (secondary N) is 1. The minimum absolute atomic E-state index is 0.0539. The Morgan fingerprint density at radius 1 is 0.717 bits per heavy atom. The molecule has 270 valence electrons. The number of carbonyl (C=O) groups is 1. The highest BCUT2D eigenvalue weighted by atomic mass is 31.2. The molecule has 0 aliphatic carbocycles. The van der Waals surface area contributed by atoms with Gasteiger partial charge in [0.15, 0.2) is 0 Å². The Bertz CT molecular complexity index is 855. The maximum Gasteiger partial charge on any atom is 0.472 e. The van der Waals surface area contributed by atoms with Gasteiger partial charge in [-0.05, 0) is 38.5 Å². The Morgan fingerprint density at radius 2 is 1.20 bits per heavy atom. The smallest absolute Gasteiger partial charge is 0.387 e. The standard InChI is InChI=1S/C37H71N2O6P/c1-6-8-10-12-14-16-18-20-22-24-26-28-30-36(40)35(34-45-46(42,43)44-33-32-39(3,4)5)38-37(41)31-29-27-25-23-21-19-17-15-13-11-9-7-2/h12,14,20,22,28,30,35-36,40H,6-11,13,15-19,21,23-27,29,31-34H2,1-5H3,(H-,38,41,42,43)/p+1/b14-12+,22-20+,30-28+. The average molecular weight is 672 g/mol. The molecule has 46 heavy (non-hydrogen) atoms. The zero-order valence-corrected chi connectivity index (χ0v) is 31.2. The lowest BCUT2D eigenvalue weighted by Gasteiger charge is -2.25. The number of hydrogen-bond acceptors (Lipinski definition) is 5. The van der Waals surface area contributed by atoms with Gasteiger partial charge in [-0.25, -0.2) is 4.57 Å². The Morgan fingerprint density at radius 3 is 1.72 bits per heavy atom.